The second kappa shape index (κ2) is 6.25. The largest absolute Gasteiger partial charge is 0.444 e. The molecule has 0 aliphatic carbocycles. The topological polar surface area (TPSA) is 78.3 Å². The minimum atomic E-state index is -0.526. The van der Waals surface area contributed by atoms with E-state index in [9.17, 15) is 4.79 Å². The maximum absolute atomic E-state index is 12.0. The zero-order valence-electron chi connectivity index (χ0n) is 15.2. The van der Waals surface area contributed by atoms with Gasteiger partial charge in [-0.25, -0.2) is 9.78 Å². The molecule has 2 aromatic heterocycles. The van der Waals surface area contributed by atoms with Crippen LogP contribution in [0.3, 0.4) is 0 Å². The van der Waals surface area contributed by atoms with Crippen molar-refractivity contribution >= 4 is 28.0 Å². The molecule has 1 atom stereocenters. The van der Waals surface area contributed by atoms with Crippen molar-refractivity contribution in [3.05, 3.63) is 36.3 Å². The number of benzene rings is 1. The third-order valence-electron chi connectivity index (χ3n) is 4.28. The van der Waals surface area contributed by atoms with Crippen molar-refractivity contribution < 1.29 is 14.3 Å². The first kappa shape index (κ1) is 16.8. The highest BCUT2D eigenvalue weighted by Crippen LogP contribution is 2.30. The van der Waals surface area contributed by atoms with Crippen LogP contribution in [0.15, 0.2) is 30.5 Å². The highest BCUT2D eigenvalue weighted by atomic mass is 16.6. The predicted octanol–water partition coefficient (Wildman–Crippen LogP) is 3.18. The second-order valence-corrected chi connectivity index (χ2v) is 7.46. The first-order valence-electron chi connectivity index (χ1n) is 8.71. The van der Waals surface area contributed by atoms with Gasteiger partial charge < -0.3 is 19.4 Å². The van der Waals surface area contributed by atoms with Crippen LogP contribution in [0.4, 0.5) is 4.79 Å². The maximum atomic E-state index is 12.0. The van der Waals surface area contributed by atoms with Crippen molar-refractivity contribution in [2.75, 3.05) is 13.2 Å². The number of hydrogen-bond donors (Lipinski definition) is 1. The Morgan fingerprint density at radius 3 is 2.96 bits per heavy atom. The minimum absolute atomic E-state index is 0.0536. The normalized spacial score (nSPS) is 17.3. The number of hydrogen-bond acceptors (Lipinski definition) is 5. The third kappa shape index (κ3) is 3.10. The highest BCUT2D eigenvalue weighted by molar-refractivity contribution is 6.02. The van der Waals surface area contributed by atoms with Gasteiger partial charge in [0, 0.05) is 11.9 Å². The fraction of sp³-hybridized carbons (Fsp3) is 0.421. The van der Waals surface area contributed by atoms with Crippen molar-refractivity contribution in [1.29, 1.82) is 0 Å². The third-order valence-corrected chi connectivity index (χ3v) is 4.28. The molecule has 1 aliphatic heterocycles. The second-order valence-electron chi connectivity index (χ2n) is 7.46. The molecule has 1 aromatic carbocycles. The molecule has 0 unspecified atom stereocenters. The number of ether oxygens (including phenoxy) is 2. The van der Waals surface area contributed by atoms with Crippen LogP contribution in [-0.4, -0.2) is 39.4 Å². The number of amides is 1. The van der Waals surface area contributed by atoms with Gasteiger partial charge in [-0.15, -0.1) is 0 Å². The molecule has 26 heavy (non-hydrogen) atoms. The lowest BCUT2D eigenvalue weighted by molar-refractivity contribution is 0.0420. The van der Waals surface area contributed by atoms with Crippen molar-refractivity contribution in [3.8, 4) is 0 Å². The molecule has 3 aromatic rings. The number of para-hydroxylation sites is 1. The smallest absolute Gasteiger partial charge is 0.407 e. The molecule has 1 amide bonds. The number of fused-ring (bicyclic) bond motifs is 5. The van der Waals surface area contributed by atoms with Gasteiger partial charge in [-0.3, -0.25) is 4.98 Å². The van der Waals surface area contributed by atoms with Crippen LogP contribution >= 0.6 is 0 Å². The van der Waals surface area contributed by atoms with E-state index in [1.165, 1.54) is 0 Å². The van der Waals surface area contributed by atoms with Crippen molar-refractivity contribution in [2.45, 2.75) is 39.0 Å². The van der Waals surface area contributed by atoms with Gasteiger partial charge in [-0.1, -0.05) is 18.2 Å². The zero-order valence-corrected chi connectivity index (χ0v) is 15.2. The van der Waals surface area contributed by atoms with Gasteiger partial charge in [-0.2, -0.15) is 0 Å². The minimum Gasteiger partial charge on any atom is -0.444 e. The van der Waals surface area contributed by atoms with E-state index in [4.69, 9.17) is 9.47 Å². The Morgan fingerprint density at radius 1 is 1.35 bits per heavy atom. The van der Waals surface area contributed by atoms with Gasteiger partial charge in [0.2, 0.25) is 0 Å². The summed E-state index contributed by atoms with van der Waals surface area (Å²) in [6, 6.07) is 7.95. The maximum Gasteiger partial charge on any atom is 0.407 e. The molecule has 0 saturated heterocycles. The number of alkyl carbamates (subject to hydrolysis) is 1. The number of imidazole rings is 1. The molecule has 4 rings (SSSR count). The van der Waals surface area contributed by atoms with Gasteiger partial charge in [-0.05, 0) is 26.8 Å². The fourth-order valence-electron chi connectivity index (χ4n) is 3.29. The standard InChI is InChI=1S/C19H22N4O3/c1-19(2,3)26-18(24)21-8-12-10-25-11-16-22-15-9-20-14-7-5-4-6-13(14)17(15)23(12)16/h4-7,9,12H,8,10-11H2,1-3H3,(H,21,24)/t12-/m0/s1. The molecule has 0 radical (unpaired) electrons. The molecule has 7 nitrogen and oxygen atoms in total. The molecule has 1 aliphatic rings. The average Bonchev–Trinajstić information content (AvgIpc) is 2.98. The van der Waals surface area contributed by atoms with Gasteiger partial charge >= 0.3 is 6.09 Å². The van der Waals surface area contributed by atoms with Gasteiger partial charge in [0.25, 0.3) is 0 Å². The number of aromatic nitrogens is 3. The molecule has 0 spiro atoms. The quantitative estimate of drug-likeness (QED) is 0.765. The molecular formula is C19H22N4O3. The first-order valence-corrected chi connectivity index (χ1v) is 8.71. The van der Waals surface area contributed by atoms with Gasteiger partial charge in [0.05, 0.1) is 29.9 Å². The summed E-state index contributed by atoms with van der Waals surface area (Å²) in [5.74, 6) is 0.848. The van der Waals surface area contributed by atoms with Crippen molar-refractivity contribution in [2.24, 2.45) is 0 Å². The van der Waals surface area contributed by atoms with Crippen LogP contribution in [-0.2, 0) is 16.1 Å². The summed E-state index contributed by atoms with van der Waals surface area (Å²) in [5, 5.41) is 3.90. The van der Waals surface area contributed by atoms with Crippen molar-refractivity contribution in [1.82, 2.24) is 19.9 Å². The summed E-state index contributed by atoms with van der Waals surface area (Å²) in [7, 11) is 0. The average molecular weight is 354 g/mol. The van der Waals surface area contributed by atoms with Crippen LogP contribution in [0.25, 0.3) is 21.9 Å². The lowest BCUT2D eigenvalue weighted by atomic mass is 10.1. The lowest BCUT2D eigenvalue weighted by Gasteiger charge is -2.27. The Kier molecular flexibility index (Phi) is 4.03. The fourth-order valence-corrected chi connectivity index (χ4v) is 3.29. The lowest BCUT2D eigenvalue weighted by Crippen LogP contribution is -2.38. The summed E-state index contributed by atoms with van der Waals surface area (Å²) in [6.45, 7) is 6.89. The summed E-state index contributed by atoms with van der Waals surface area (Å²) in [4.78, 5) is 21.2. The van der Waals surface area contributed by atoms with E-state index in [2.05, 4.69) is 19.9 Å². The molecular weight excluding hydrogens is 332 g/mol. The Labute approximate surface area is 151 Å². The molecule has 3 heterocycles. The van der Waals surface area contributed by atoms with E-state index in [1.807, 2.05) is 45.0 Å². The van der Waals surface area contributed by atoms with E-state index in [0.29, 0.717) is 19.8 Å². The Morgan fingerprint density at radius 2 is 2.15 bits per heavy atom. The number of carbonyl (C=O) groups is 1. The molecule has 7 heteroatoms. The number of rotatable bonds is 2. The van der Waals surface area contributed by atoms with E-state index < -0.39 is 11.7 Å². The number of carbonyl (C=O) groups excluding carboxylic acids is 1. The Balaban J connectivity index is 1.69. The van der Waals surface area contributed by atoms with E-state index in [1.54, 1.807) is 6.20 Å². The molecule has 0 saturated carbocycles. The predicted molar refractivity (Wildman–Crippen MR) is 98.0 cm³/mol. The Bertz CT molecular complexity index is 974. The van der Waals surface area contributed by atoms with Crippen molar-refractivity contribution in [3.63, 3.8) is 0 Å². The number of nitrogens with zero attached hydrogens (tertiary/aromatic N) is 3. The molecule has 0 fully saturated rings. The van der Waals surface area contributed by atoms with Crippen LogP contribution < -0.4 is 5.32 Å². The first-order chi connectivity index (χ1) is 12.4. The van der Waals surface area contributed by atoms with E-state index >= 15 is 0 Å². The summed E-state index contributed by atoms with van der Waals surface area (Å²) >= 11 is 0. The molecule has 1 N–H and O–H groups in total. The summed E-state index contributed by atoms with van der Waals surface area (Å²) < 4.78 is 13.2. The monoisotopic (exact) mass is 354 g/mol. The van der Waals surface area contributed by atoms with Crippen LogP contribution in [0, 0.1) is 0 Å². The SMILES string of the molecule is CC(C)(C)OC(=O)NC[C@H]1COCc2nc3cnc4ccccc4c3n21. The zero-order chi connectivity index (χ0) is 18.3. The Hall–Kier alpha value is -2.67. The summed E-state index contributed by atoms with van der Waals surface area (Å²) in [6.07, 6.45) is 1.36. The van der Waals surface area contributed by atoms with E-state index in [-0.39, 0.29) is 6.04 Å². The highest BCUT2D eigenvalue weighted by Gasteiger charge is 2.26. The van der Waals surface area contributed by atoms with Crippen LogP contribution in [0.1, 0.15) is 32.6 Å². The summed E-state index contributed by atoms with van der Waals surface area (Å²) in [5.41, 5.74) is 2.27. The number of nitrogens with one attached hydrogen (secondary N) is 1. The number of pyridine rings is 1. The van der Waals surface area contributed by atoms with Crippen LogP contribution in [0.5, 0.6) is 0 Å². The molecule has 0 bridgehead atoms. The van der Waals surface area contributed by atoms with Crippen LogP contribution in [0.2, 0.25) is 0 Å². The van der Waals surface area contributed by atoms with Gasteiger partial charge in [0.15, 0.2) is 0 Å². The van der Waals surface area contributed by atoms with Gasteiger partial charge in [0.1, 0.15) is 23.5 Å². The van der Waals surface area contributed by atoms with E-state index in [0.717, 1.165) is 27.8 Å². The molecule has 136 valence electrons.